The Morgan fingerprint density at radius 2 is 2.00 bits per heavy atom. The average molecular weight is 384 g/mol. The van der Waals surface area contributed by atoms with E-state index in [1.807, 2.05) is 33.8 Å². The number of rotatable bonds is 10. The molecule has 1 rings (SSSR count). The molecule has 6 nitrogen and oxygen atoms in total. The summed E-state index contributed by atoms with van der Waals surface area (Å²) in [6.45, 7) is 7.90. The summed E-state index contributed by atoms with van der Waals surface area (Å²) in [5.41, 5.74) is 0.722. The molecule has 146 valence electrons. The third kappa shape index (κ3) is 7.15. The molecule has 1 aromatic rings. The van der Waals surface area contributed by atoms with Crippen LogP contribution in [0.15, 0.2) is 18.2 Å². The number of nitrogens with one attached hydrogen (secondary N) is 1. The van der Waals surface area contributed by atoms with Crippen LogP contribution in [0.3, 0.4) is 0 Å². The number of benzene rings is 1. The largest absolute Gasteiger partial charge is 0.497 e. The fourth-order valence-electron chi connectivity index (χ4n) is 2.33. The number of amides is 1. The molecule has 2 N–H and O–H groups in total. The highest BCUT2D eigenvalue weighted by molar-refractivity contribution is 7.99. The van der Waals surface area contributed by atoms with Crippen molar-refractivity contribution >= 4 is 23.6 Å². The van der Waals surface area contributed by atoms with Crippen LogP contribution < -0.4 is 14.8 Å². The summed E-state index contributed by atoms with van der Waals surface area (Å²) in [6.07, 6.45) is 0.384. The maximum absolute atomic E-state index is 12.1. The Bertz CT molecular complexity index is 612. The summed E-state index contributed by atoms with van der Waals surface area (Å²) in [5.74, 6) is 1.41. The molecule has 0 heterocycles. The van der Waals surface area contributed by atoms with Crippen LogP contribution in [0.5, 0.6) is 11.5 Å². The smallest absolute Gasteiger partial charge is 0.326 e. The van der Waals surface area contributed by atoms with Crippen molar-refractivity contribution in [1.82, 2.24) is 5.32 Å². The third-order valence-electron chi connectivity index (χ3n) is 3.74. The second-order valence-corrected chi connectivity index (χ2v) is 8.24. The van der Waals surface area contributed by atoms with Gasteiger partial charge in [0.2, 0.25) is 0 Å². The van der Waals surface area contributed by atoms with Crippen LogP contribution in [0, 0.1) is 0 Å². The molecule has 0 saturated heterocycles. The highest BCUT2D eigenvalue weighted by atomic mass is 32.2. The number of carboxylic acids is 1. The first-order valence-electron chi connectivity index (χ1n) is 8.60. The molecule has 1 unspecified atom stereocenters. The van der Waals surface area contributed by atoms with Crippen LogP contribution in [0.4, 0.5) is 0 Å². The Kier molecular flexibility index (Phi) is 8.78. The highest BCUT2D eigenvalue weighted by Crippen LogP contribution is 2.34. The summed E-state index contributed by atoms with van der Waals surface area (Å²) >= 11 is 1.64. The van der Waals surface area contributed by atoms with Gasteiger partial charge in [0, 0.05) is 5.56 Å². The molecule has 7 heteroatoms. The molecule has 0 bridgehead atoms. The van der Waals surface area contributed by atoms with E-state index in [-0.39, 0.29) is 12.0 Å². The molecule has 0 fully saturated rings. The topological polar surface area (TPSA) is 84.9 Å². The van der Waals surface area contributed by atoms with Gasteiger partial charge < -0.3 is 19.9 Å². The predicted molar refractivity (Wildman–Crippen MR) is 104 cm³/mol. The van der Waals surface area contributed by atoms with Gasteiger partial charge in [-0.1, -0.05) is 27.7 Å². The van der Waals surface area contributed by atoms with Crippen molar-refractivity contribution in [2.45, 2.75) is 45.6 Å². The van der Waals surface area contributed by atoms with Crippen molar-refractivity contribution in [3.05, 3.63) is 23.8 Å². The first-order chi connectivity index (χ1) is 12.2. The predicted octanol–water partition coefficient (Wildman–Crippen LogP) is 3.08. The van der Waals surface area contributed by atoms with Gasteiger partial charge in [-0.05, 0) is 41.5 Å². The van der Waals surface area contributed by atoms with Crippen LogP contribution in [0.1, 0.15) is 39.7 Å². The molecule has 0 spiro atoms. The first kappa shape index (κ1) is 22.2. The van der Waals surface area contributed by atoms with Gasteiger partial charge in [-0.25, -0.2) is 4.79 Å². The molecule has 1 atom stereocenters. The van der Waals surface area contributed by atoms with Gasteiger partial charge >= 0.3 is 5.97 Å². The van der Waals surface area contributed by atoms with Crippen LogP contribution in [-0.2, 0) is 15.0 Å². The molecular weight excluding hydrogens is 354 g/mol. The molecule has 0 aliphatic carbocycles. The highest BCUT2D eigenvalue weighted by Gasteiger charge is 2.22. The fourth-order valence-corrected chi connectivity index (χ4v) is 3.02. The van der Waals surface area contributed by atoms with Crippen molar-refractivity contribution in [2.75, 3.05) is 25.2 Å². The van der Waals surface area contributed by atoms with E-state index in [1.54, 1.807) is 31.0 Å². The Labute approximate surface area is 159 Å². The average Bonchev–Trinajstić information content (AvgIpc) is 2.58. The maximum atomic E-state index is 12.1. The van der Waals surface area contributed by atoms with E-state index in [0.717, 1.165) is 11.3 Å². The van der Waals surface area contributed by atoms with E-state index in [4.69, 9.17) is 9.47 Å². The lowest BCUT2D eigenvalue weighted by atomic mass is 9.86. The van der Waals surface area contributed by atoms with Gasteiger partial charge in [-0.15, -0.1) is 0 Å². The molecule has 0 radical (unpaired) electrons. The van der Waals surface area contributed by atoms with Gasteiger partial charge in [0.15, 0.2) is 6.61 Å². The van der Waals surface area contributed by atoms with Crippen molar-refractivity contribution in [2.24, 2.45) is 0 Å². The van der Waals surface area contributed by atoms with Crippen LogP contribution in [0.2, 0.25) is 0 Å². The van der Waals surface area contributed by atoms with Crippen molar-refractivity contribution in [1.29, 1.82) is 0 Å². The number of ether oxygens (including phenoxy) is 2. The number of hydrogen-bond acceptors (Lipinski definition) is 5. The van der Waals surface area contributed by atoms with Crippen molar-refractivity contribution in [3.63, 3.8) is 0 Å². The molecule has 0 aliphatic rings. The summed E-state index contributed by atoms with van der Waals surface area (Å²) in [4.78, 5) is 23.4. The normalized spacial score (nSPS) is 12.3. The number of carbonyl (C=O) groups excluding carboxylic acids is 1. The van der Waals surface area contributed by atoms with E-state index in [1.165, 1.54) is 0 Å². The van der Waals surface area contributed by atoms with E-state index in [0.29, 0.717) is 23.7 Å². The quantitative estimate of drug-likeness (QED) is 0.604. The molecular formula is C19H29NO5S. The molecule has 0 aliphatic heterocycles. The van der Waals surface area contributed by atoms with E-state index in [2.05, 4.69) is 5.32 Å². The minimum Gasteiger partial charge on any atom is -0.497 e. The van der Waals surface area contributed by atoms with Gasteiger partial charge in [0.25, 0.3) is 5.91 Å². The third-order valence-corrected chi connectivity index (χ3v) is 4.67. The molecule has 0 aromatic heterocycles. The minimum absolute atomic E-state index is 0.193. The number of aliphatic carboxylic acids is 1. The number of thioether (sulfide) groups is 1. The zero-order chi connectivity index (χ0) is 19.7. The monoisotopic (exact) mass is 383 g/mol. The summed E-state index contributed by atoms with van der Waals surface area (Å²) in [6, 6.07) is 4.52. The fraction of sp³-hybridized carbons (Fsp3) is 0.579. The lowest BCUT2D eigenvalue weighted by molar-refractivity contribution is -0.142. The van der Waals surface area contributed by atoms with Gasteiger partial charge in [0.05, 0.1) is 7.11 Å². The van der Waals surface area contributed by atoms with E-state index >= 15 is 0 Å². The molecule has 1 aromatic carbocycles. The zero-order valence-corrected chi connectivity index (χ0v) is 16.9. The second kappa shape index (κ2) is 10.3. The first-order valence-corrected chi connectivity index (χ1v) is 9.75. The maximum Gasteiger partial charge on any atom is 0.326 e. The Hall–Kier alpha value is -1.89. The van der Waals surface area contributed by atoms with Gasteiger partial charge in [0.1, 0.15) is 17.5 Å². The standard InChI is InChI=1S/C19H29NO5S/c1-6-26-10-9-15(18(22)23)20-17(21)12-25-16-8-7-13(24-5)11-14(16)19(2,3)4/h7-8,11,15H,6,9-10,12H2,1-5H3,(H,20,21)(H,22,23). The zero-order valence-electron chi connectivity index (χ0n) is 16.1. The Morgan fingerprint density at radius 1 is 1.31 bits per heavy atom. The Balaban J connectivity index is 2.73. The van der Waals surface area contributed by atoms with Crippen LogP contribution in [-0.4, -0.2) is 48.2 Å². The van der Waals surface area contributed by atoms with E-state index < -0.39 is 17.9 Å². The van der Waals surface area contributed by atoms with Crippen LogP contribution >= 0.6 is 11.8 Å². The van der Waals surface area contributed by atoms with Gasteiger partial charge in [-0.2, -0.15) is 11.8 Å². The number of carboxylic acid groups (broad SMARTS) is 1. The molecule has 0 saturated carbocycles. The molecule has 1 amide bonds. The van der Waals surface area contributed by atoms with E-state index in [9.17, 15) is 14.7 Å². The second-order valence-electron chi connectivity index (χ2n) is 6.84. The summed E-state index contributed by atoms with van der Waals surface area (Å²) in [7, 11) is 1.60. The lowest BCUT2D eigenvalue weighted by Gasteiger charge is -2.23. The number of carbonyl (C=O) groups is 2. The lowest BCUT2D eigenvalue weighted by Crippen LogP contribution is -2.43. The van der Waals surface area contributed by atoms with Crippen molar-refractivity contribution in [3.8, 4) is 11.5 Å². The minimum atomic E-state index is -1.03. The van der Waals surface area contributed by atoms with Crippen LogP contribution in [0.25, 0.3) is 0 Å². The summed E-state index contributed by atoms with van der Waals surface area (Å²) in [5, 5.41) is 11.8. The van der Waals surface area contributed by atoms with Gasteiger partial charge in [-0.3, -0.25) is 4.79 Å². The molecule has 26 heavy (non-hydrogen) atoms. The summed E-state index contributed by atoms with van der Waals surface area (Å²) < 4.78 is 10.9. The number of hydrogen-bond donors (Lipinski definition) is 2. The SMILES string of the molecule is CCSCCC(NC(=O)COc1ccc(OC)cc1C(C)(C)C)C(=O)O. The Morgan fingerprint density at radius 3 is 2.54 bits per heavy atom. The number of methoxy groups -OCH3 is 1. The van der Waals surface area contributed by atoms with Crippen molar-refractivity contribution < 1.29 is 24.2 Å².